The number of nitrogens with zero attached hydrogens (tertiary/aromatic N) is 1. The van der Waals surface area contributed by atoms with E-state index in [1.165, 1.54) is 32.3 Å². The zero-order valence-electron chi connectivity index (χ0n) is 23.6. The van der Waals surface area contributed by atoms with Crippen LogP contribution in [-0.4, -0.2) is 49.1 Å². The van der Waals surface area contributed by atoms with Crippen molar-refractivity contribution in [2.45, 2.75) is 57.7 Å². The summed E-state index contributed by atoms with van der Waals surface area (Å²) in [5.41, 5.74) is 5.00. The van der Waals surface area contributed by atoms with Gasteiger partial charge in [0.2, 0.25) is 5.91 Å². The summed E-state index contributed by atoms with van der Waals surface area (Å²) in [6.07, 6.45) is 4.80. The molecule has 5 nitrogen and oxygen atoms in total. The minimum absolute atomic E-state index is 0.125. The minimum Gasteiger partial charge on any atom is -0.489 e. The molecule has 0 atom stereocenters. The van der Waals surface area contributed by atoms with Gasteiger partial charge in [-0.15, -0.1) is 11.3 Å². The first kappa shape index (κ1) is 28.4. The fraction of sp³-hybridized carbons (Fsp3) is 0.382. The van der Waals surface area contributed by atoms with E-state index in [-0.39, 0.29) is 11.9 Å². The molecule has 6 rings (SSSR count). The summed E-state index contributed by atoms with van der Waals surface area (Å²) in [6.45, 7) is 7.05. The molecule has 2 aliphatic heterocycles. The van der Waals surface area contributed by atoms with Crippen molar-refractivity contribution in [1.82, 2.24) is 15.5 Å². The molecule has 0 unspecified atom stereocenters. The molecular weight excluding hydrogens is 594 g/mol. The fourth-order valence-corrected chi connectivity index (χ4v) is 7.64. The zero-order chi connectivity index (χ0) is 28.2. The number of hydrogen-bond donors (Lipinski definition) is 2. The van der Waals surface area contributed by atoms with Gasteiger partial charge in [0, 0.05) is 35.3 Å². The van der Waals surface area contributed by atoms with E-state index >= 15 is 0 Å². The van der Waals surface area contributed by atoms with Crippen molar-refractivity contribution in [2.24, 2.45) is 0 Å². The molecule has 41 heavy (non-hydrogen) atoms. The smallest absolute Gasteiger partial charge is 0.225 e. The molecule has 2 saturated heterocycles. The lowest BCUT2D eigenvalue weighted by Crippen LogP contribution is -2.44. The summed E-state index contributed by atoms with van der Waals surface area (Å²) in [5.74, 6) is 1.06. The van der Waals surface area contributed by atoms with Gasteiger partial charge in [-0.1, -0.05) is 54.1 Å². The van der Waals surface area contributed by atoms with Crippen LogP contribution in [0.15, 0.2) is 71.2 Å². The van der Waals surface area contributed by atoms with Crippen LogP contribution in [0.5, 0.6) is 5.75 Å². The van der Waals surface area contributed by atoms with Gasteiger partial charge < -0.3 is 15.4 Å². The molecule has 0 aliphatic carbocycles. The lowest BCUT2D eigenvalue weighted by molar-refractivity contribution is -0.121. The van der Waals surface area contributed by atoms with Gasteiger partial charge in [0.15, 0.2) is 0 Å². The maximum Gasteiger partial charge on any atom is 0.225 e. The number of carbonyl (C=O) groups is 1. The van der Waals surface area contributed by atoms with Crippen molar-refractivity contribution in [2.75, 3.05) is 26.2 Å². The van der Waals surface area contributed by atoms with Crippen LogP contribution < -0.4 is 15.4 Å². The van der Waals surface area contributed by atoms with E-state index in [0.29, 0.717) is 12.5 Å². The highest BCUT2D eigenvalue weighted by Crippen LogP contribution is 2.35. The number of benzene rings is 3. The molecule has 1 amide bonds. The van der Waals surface area contributed by atoms with Gasteiger partial charge in [-0.05, 0) is 102 Å². The van der Waals surface area contributed by atoms with Crippen LogP contribution in [0.4, 0.5) is 0 Å². The van der Waals surface area contributed by atoms with Gasteiger partial charge in [0.1, 0.15) is 11.9 Å². The lowest BCUT2D eigenvalue weighted by atomic mass is 10.0. The van der Waals surface area contributed by atoms with Crippen LogP contribution in [-0.2, 0) is 17.8 Å². The monoisotopic (exact) mass is 631 g/mol. The Balaban J connectivity index is 0.991. The largest absolute Gasteiger partial charge is 0.489 e. The summed E-state index contributed by atoms with van der Waals surface area (Å²) < 4.78 is 8.52. The van der Waals surface area contributed by atoms with E-state index in [1.807, 2.05) is 0 Å². The van der Waals surface area contributed by atoms with Crippen LogP contribution in [0.2, 0.25) is 0 Å². The molecule has 7 heteroatoms. The molecule has 0 saturated carbocycles. The number of halogens is 1. The van der Waals surface area contributed by atoms with Crippen LogP contribution in [0, 0.1) is 6.92 Å². The van der Waals surface area contributed by atoms with E-state index < -0.39 is 0 Å². The summed E-state index contributed by atoms with van der Waals surface area (Å²) in [7, 11) is 0. The van der Waals surface area contributed by atoms with Crippen molar-refractivity contribution < 1.29 is 9.53 Å². The molecule has 2 fully saturated rings. The first-order valence-electron chi connectivity index (χ1n) is 14.8. The highest BCUT2D eigenvalue weighted by Gasteiger charge is 2.22. The molecule has 2 N–H and O–H groups in total. The first-order chi connectivity index (χ1) is 20.0. The van der Waals surface area contributed by atoms with Crippen LogP contribution in [0.1, 0.15) is 41.7 Å². The Morgan fingerprint density at radius 1 is 1.02 bits per heavy atom. The van der Waals surface area contributed by atoms with Crippen molar-refractivity contribution in [3.8, 4) is 16.9 Å². The number of piperidine rings is 2. The first-order valence-corrected chi connectivity index (χ1v) is 16.4. The quantitative estimate of drug-likeness (QED) is 0.218. The Labute approximate surface area is 255 Å². The Hall–Kier alpha value is -2.71. The average Bonchev–Trinajstić information content (AvgIpc) is 3.39. The third-order valence-corrected chi connectivity index (χ3v) is 10.0. The van der Waals surface area contributed by atoms with Gasteiger partial charge in [-0.2, -0.15) is 0 Å². The average molecular weight is 633 g/mol. The third-order valence-electron chi connectivity index (χ3n) is 8.23. The molecule has 0 radical (unpaired) electrons. The summed E-state index contributed by atoms with van der Waals surface area (Å²) in [6, 6.07) is 24.0. The fourth-order valence-electron chi connectivity index (χ4n) is 5.93. The topological polar surface area (TPSA) is 53.6 Å². The second-order valence-electron chi connectivity index (χ2n) is 11.4. The Morgan fingerprint density at radius 3 is 2.56 bits per heavy atom. The maximum absolute atomic E-state index is 13.0. The van der Waals surface area contributed by atoms with Gasteiger partial charge in [0.25, 0.3) is 0 Å². The molecule has 2 aliphatic rings. The number of rotatable bonds is 8. The Kier molecular flexibility index (Phi) is 9.06. The number of likely N-dealkylation sites (tertiary alicyclic amines) is 1. The number of nitrogens with one attached hydrogen (secondary N) is 2. The molecule has 3 aromatic carbocycles. The number of carbonyl (C=O) groups excluding carboxylic acids is 1. The second kappa shape index (κ2) is 13.1. The number of ether oxygens (including phenoxy) is 1. The van der Waals surface area contributed by atoms with E-state index in [1.54, 1.807) is 11.3 Å². The standard InChI is InChI=1S/C34H38BrN3O2S/c1-23-5-8-25(9-6-23)30-4-2-3-26-20-29(41-34(26)30)21-33(39)37-27-13-17-38(18-14-27)22-24-7-10-32(31(35)19-24)40-28-11-15-36-16-12-28/h2-10,19-20,27-28,36H,11-18,21-22H2,1H3,(H,37,39). The molecule has 0 bridgehead atoms. The molecule has 214 valence electrons. The zero-order valence-corrected chi connectivity index (χ0v) is 26.0. The van der Waals surface area contributed by atoms with E-state index in [9.17, 15) is 4.79 Å². The van der Waals surface area contributed by atoms with Gasteiger partial charge in [0.05, 0.1) is 10.9 Å². The second-order valence-corrected chi connectivity index (χ2v) is 13.4. The maximum atomic E-state index is 13.0. The van der Waals surface area contributed by atoms with E-state index in [2.05, 4.69) is 105 Å². The number of hydrogen-bond acceptors (Lipinski definition) is 5. The minimum atomic E-state index is 0.125. The van der Waals surface area contributed by atoms with Crippen molar-refractivity contribution in [3.05, 3.63) is 87.2 Å². The Morgan fingerprint density at radius 2 is 1.80 bits per heavy atom. The molecule has 1 aromatic heterocycles. The Bertz CT molecular complexity index is 1490. The van der Waals surface area contributed by atoms with Crippen LogP contribution >= 0.6 is 27.3 Å². The predicted molar refractivity (Wildman–Crippen MR) is 173 cm³/mol. The number of thiophene rings is 1. The van der Waals surface area contributed by atoms with E-state index in [4.69, 9.17) is 4.74 Å². The van der Waals surface area contributed by atoms with Crippen molar-refractivity contribution in [1.29, 1.82) is 0 Å². The summed E-state index contributed by atoms with van der Waals surface area (Å²) in [5, 5.41) is 7.91. The lowest BCUT2D eigenvalue weighted by Gasteiger charge is -2.32. The number of fused-ring (bicyclic) bond motifs is 1. The van der Waals surface area contributed by atoms with Crippen LogP contribution in [0.3, 0.4) is 0 Å². The molecule has 0 spiro atoms. The normalized spacial score (nSPS) is 17.1. The van der Waals surface area contributed by atoms with Crippen LogP contribution in [0.25, 0.3) is 21.2 Å². The molecule has 3 heterocycles. The highest BCUT2D eigenvalue weighted by atomic mass is 79.9. The summed E-state index contributed by atoms with van der Waals surface area (Å²) in [4.78, 5) is 16.6. The molecular formula is C34H38BrN3O2S. The van der Waals surface area contributed by atoms with Gasteiger partial charge in [-0.3, -0.25) is 9.69 Å². The van der Waals surface area contributed by atoms with Gasteiger partial charge >= 0.3 is 0 Å². The molecule has 4 aromatic rings. The highest BCUT2D eigenvalue weighted by molar-refractivity contribution is 9.10. The SMILES string of the molecule is Cc1ccc(-c2cccc3cc(CC(=O)NC4CCN(Cc5ccc(OC6CCNCC6)c(Br)c5)CC4)sc23)cc1. The van der Waals surface area contributed by atoms with Gasteiger partial charge in [-0.25, -0.2) is 0 Å². The van der Waals surface area contributed by atoms with Crippen molar-refractivity contribution in [3.63, 3.8) is 0 Å². The summed E-state index contributed by atoms with van der Waals surface area (Å²) >= 11 is 5.47. The number of amides is 1. The third kappa shape index (κ3) is 7.20. The predicted octanol–water partition coefficient (Wildman–Crippen LogP) is 7.09. The van der Waals surface area contributed by atoms with E-state index in [0.717, 1.165) is 73.5 Å². The number of aryl methyl sites for hydroxylation is 1. The van der Waals surface area contributed by atoms with Crippen molar-refractivity contribution >= 4 is 43.3 Å².